The van der Waals surface area contributed by atoms with Crippen molar-refractivity contribution in [3.8, 4) is 0 Å². The predicted molar refractivity (Wildman–Crippen MR) is 48.8 cm³/mol. The molecule has 1 aliphatic rings. The third-order valence-electron chi connectivity index (χ3n) is 2.52. The van der Waals surface area contributed by atoms with Crippen LogP contribution in [0.1, 0.15) is 13.8 Å². The van der Waals surface area contributed by atoms with Crippen LogP contribution in [-0.4, -0.2) is 54.5 Å². The molecule has 0 aliphatic carbocycles. The van der Waals surface area contributed by atoms with E-state index >= 15 is 0 Å². The molecule has 1 heterocycles. The van der Waals surface area contributed by atoms with Gasteiger partial charge in [0, 0.05) is 32.2 Å². The Hall–Kier alpha value is -0.610. The Labute approximate surface area is 79.1 Å². The summed E-state index contributed by atoms with van der Waals surface area (Å²) in [6, 6.07) is 0.532. The van der Waals surface area contributed by atoms with Gasteiger partial charge in [-0.3, -0.25) is 9.69 Å². The highest BCUT2D eigenvalue weighted by Crippen LogP contribution is 2.05. The van der Waals surface area contributed by atoms with Crippen molar-refractivity contribution in [2.24, 2.45) is 0 Å². The maximum Gasteiger partial charge on any atom is 0.252 e. The van der Waals surface area contributed by atoms with E-state index in [1.54, 1.807) is 4.90 Å². The lowest BCUT2D eigenvalue weighted by Gasteiger charge is -2.36. The predicted octanol–water partition coefficient (Wildman–Crippen LogP) is -0.0305. The number of nitrogens with zero attached hydrogens (tertiary/aromatic N) is 2. The highest BCUT2D eigenvalue weighted by molar-refractivity contribution is 5.77. The first kappa shape index (κ1) is 10.5. The van der Waals surface area contributed by atoms with Gasteiger partial charge in [-0.05, 0) is 13.8 Å². The zero-order valence-corrected chi connectivity index (χ0v) is 8.32. The zero-order chi connectivity index (χ0) is 9.84. The maximum absolute atomic E-state index is 11.0. The molecule has 4 heteroatoms. The van der Waals surface area contributed by atoms with Gasteiger partial charge in [-0.25, -0.2) is 5.11 Å². The van der Waals surface area contributed by atoms with Crippen molar-refractivity contribution in [1.29, 1.82) is 0 Å². The number of piperazine rings is 1. The summed E-state index contributed by atoms with van der Waals surface area (Å²) in [6.45, 7) is 6.88. The van der Waals surface area contributed by atoms with Gasteiger partial charge in [0.2, 0.25) is 0 Å². The minimum absolute atomic E-state index is 0.261. The lowest BCUT2D eigenvalue weighted by atomic mass is 10.2. The Morgan fingerprint density at radius 2 is 1.77 bits per heavy atom. The van der Waals surface area contributed by atoms with Gasteiger partial charge in [0.25, 0.3) is 5.91 Å². The maximum atomic E-state index is 11.0. The highest BCUT2D eigenvalue weighted by Gasteiger charge is 2.21. The Morgan fingerprint density at radius 3 is 2.15 bits per heavy atom. The summed E-state index contributed by atoms with van der Waals surface area (Å²) in [6.07, 6.45) is 0. The molecule has 4 nitrogen and oxygen atoms in total. The van der Waals surface area contributed by atoms with Gasteiger partial charge in [0.1, 0.15) is 0 Å². The van der Waals surface area contributed by atoms with Crippen LogP contribution in [0.15, 0.2) is 0 Å². The number of amides is 1. The van der Waals surface area contributed by atoms with Crippen molar-refractivity contribution in [2.45, 2.75) is 19.9 Å². The zero-order valence-electron chi connectivity index (χ0n) is 8.32. The van der Waals surface area contributed by atoms with Gasteiger partial charge in [-0.2, -0.15) is 0 Å². The molecule has 75 valence electrons. The van der Waals surface area contributed by atoms with Gasteiger partial charge in [0.05, 0.1) is 0 Å². The van der Waals surface area contributed by atoms with Crippen molar-refractivity contribution < 1.29 is 9.90 Å². The molecule has 0 N–H and O–H groups in total. The van der Waals surface area contributed by atoms with Crippen LogP contribution >= 0.6 is 0 Å². The lowest BCUT2D eigenvalue weighted by molar-refractivity contribution is -0.138. The van der Waals surface area contributed by atoms with Crippen LogP contribution in [0.4, 0.5) is 0 Å². The molecule has 1 aliphatic heterocycles. The summed E-state index contributed by atoms with van der Waals surface area (Å²) >= 11 is 0. The topological polar surface area (TPSA) is 43.5 Å². The average molecular weight is 185 g/mol. The van der Waals surface area contributed by atoms with E-state index in [0.29, 0.717) is 19.1 Å². The van der Waals surface area contributed by atoms with Crippen molar-refractivity contribution in [3.63, 3.8) is 0 Å². The quantitative estimate of drug-likeness (QED) is 0.606. The largest absolute Gasteiger partial charge is 0.338 e. The van der Waals surface area contributed by atoms with E-state index < -0.39 is 6.61 Å². The van der Waals surface area contributed by atoms with Crippen LogP contribution in [0.5, 0.6) is 0 Å². The van der Waals surface area contributed by atoms with Crippen LogP contribution in [0.3, 0.4) is 0 Å². The molecule has 0 aromatic carbocycles. The number of rotatable bonds is 2. The van der Waals surface area contributed by atoms with Gasteiger partial charge >= 0.3 is 0 Å². The smallest absolute Gasteiger partial charge is 0.252 e. The monoisotopic (exact) mass is 185 g/mol. The van der Waals surface area contributed by atoms with Gasteiger partial charge in [-0.1, -0.05) is 0 Å². The summed E-state index contributed by atoms with van der Waals surface area (Å²) in [5, 5.41) is 10.3. The van der Waals surface area contributed by atoms with Crippen molar-refractivity contribution in [1.82, 2.24) is 9.80 Å². The summed E-state index contributed by atoms with van der Waals surface area (Å²) in [4.78, 5) is 15.0. The van der Waals surface area contributed by atoms with Crippen molar-refractivity contribution >= 4 is 5.91 Å². The summed E-state index contributed by atoms with van der Waals surface area (Å²) in [5.41, 5.74) is 0. The second-order valence-corrected chi connectivity index (χ2v) is 3.65. The van der Waals surface area contributed by atoms with Crippen LogP contribution in [-0.2, 0) is 9.90 Å². The molecule has 0 unspecified atom stereocenters. The summed E-state index contributed by atoms with van der Waals surface area (Å²) < 4.78 is 0. The van der Waals surface area contributed by atoms with Crippen molar-refractivity contribution in [3.05, 3.63) is 0 Å². The summed E-state index contributed by atoms with van der Waals surface area (Å²) in [5.74, 6) is -0.261. The third kappa shape index (κ3) is 2.67. The Balaban J connectivity index is 2.34. The second kappa shape index (κ2) is 4.58. The Kier molecular flexibility index (Phi) is 3.69. The Bertz CT molecular complexity index is 174. The highest BCUT2D eigenvalue weighted by atomic mass is 16.3. The van der Waals surface area contributed by atoms with Gasteiger partial charge in [-0.15, -0.1) is 0 Å². The minimum atomic E-state index is -0.609. The van der Waals surface area contributed by atoms with Crippen LogP contribution in [0, 0.1) is 0 Å². The SMILES string of the molecule is CC(C)N1CCN(C(=O)C[O])CC1. The average Bonchev–Trinajstić information content (AvgIpc) is 2.17. The first-order valence-electron chi connectivity index (χ1n) is 4.75. The van der Waals surface area contributed by atoms with E-state index in [4.69, 9.17) is 0 Å². The molecule has 1 radical (unpaired) electrons. The van der Waals surface area contributed by atoms with E-state index in [1.165, 1.54) is 0 Å². The van der Waals surface area contributed by atoms with Crippen LogP contribution in [0.2, 0.25) is 0 Å². The van der Waals surface area contributed by atoms with Gasteiger partial charge in [0.15, 0.2) is 6.61 Å². The number of hydrogen-bond acceptors (Lipinski definition) is 2. The van der Waals surface area contributed by atoms with Crippen LogP contribution < -0.4 is 0 Å². The van der Waals surface area contributed by atoms with E-state index in [1.807, 2.05) is 0 Å². The van der Waals surface area contributed by atoms with E-state index in [2.05, 4.69) is 18.7 Å². The lowest BCUT2D eigenvalue weighted by Crippen LogP contribution is -2.51. The molecule has 13 heavy (non-hydrogen) atoms. The molecule has 1 saturated heterocycles. The normalized spacial score (nSPS) is 19.5. The van der Waals surface area contributed by atoms with E-state index in [9.17, 15) is 9.90 Å². The van der Waals surface area contributed by atoms with E-state index in [0.717, 1.165) is 13.1 Å². The third-order valence-corrected chi connectivity index (χ3v) is 2.52. The van der Waals surface area contributed by atoms with Crippen LogP contribution in [0.25, 0.3) is 0 Å². The first-order valence-corrected chi connectivity index (χ1v) is 4.75. The standard InChI is InChI=1S/C9H17N2O2/c1-8(2)10-3-5-11(6-4-10)9(13)7-12/h8H,3-7H2,1-2H3. The molecule has 0 spiro atoms. The van der Waals surface area contributed by atoms with Crippen molar-refractivity contribution in [2.75, 3.05) is 32.8 Å². The second-order valence-electron chi connectivity index (χ2n) is 3.65. The number of hydrogen-bond donors (Lipinski definition) is 0. The fourth-order valence-electron chi connectivity index (χ4n) is 1.58. The molecular weight excluding hydrogens is 168 g/mol. The first-order chi connectivity index (χ1) is 6.15. The molecule has 0 atom stereocenters. The molecule has 0 bridgehead atoms. The minimum Gasteiger partial charge on any atom is -0.338 e. The molecule has 0 aromatic rings. The molecule has 0 aromatic heterocycles. The molecular formula is C9H17N2O2. The summed E-state index contributed by atoms with van der Waals surface area (Å²) in [7, 11) is 0. The number of carbonyl (C=O) groups is 1. The fraction of sp³-hybridized carbons (Fsp3) is 0.889. The Morgan fingerprint density at radius 1 is 1.23 bits per heavy atom. The molecule has 1 fully saturated rings. The van der Waals surface area contributed by atoms with Gasteiger partial charge < -0.3 is 4.90 Å². The van der Waals surface area contributed by atoms with E-state index in [-0.39, 0.29) is 5.91 Å². The fourth-order valence-corrected chi connectivity index (χ4v) is 1.58. The molecule has 1 amide bonds. The molecule has 1 rings (SSSR count). The number of carbonyl (C=O) groups excluding carboxylic acids is 1. The molecule has 0 saturated carbocycles.